The molecule has 1 aliphatic heterocycles. The van der Waals surface area contributed by atoms with Crippen molar-refractivity contribution in [3.63, 3.8) is 0 Å². The number of H-pyrrole nitrogens is 1. The molecule has 6 nitrogen and oxygen atoms in total. The fourth-order valence-electron chi connectivity index (χ4n) is 5.79. The van der Waals surface area contributed by atoms with E-state index in [-0.39, 0.29) is 17.6 Å². The number of rotatable bonds is 5. The fraction of sp³-hybridized carbons (Fsp3) is 0.323. The molecule has 192 valence electrons. The van der Waals surface area contributed by atoms with Gasteiger partial charge >= 0.3 is 0 Å². The smallest absolute Gasteiger partial charge is 0.159 e. The second-order valence-electron chi connectivity index (χ2n) is 10.4. The number of aromatic nitrogens is 2. The Morgan fingerprint density at radius 3 is 2.34 bits per heavy atom. The molecule has 2 heterocycles. The van der Waals surface area contributed by atoms with Crippen molar-refractivity contribution in [2.24, 2.45) is 5.92 Å². The second kappa shape index (κ2) is 10.7. The average molecular weight is 523 g/mol. The van der Waals surface area contributed by atoms with E-state index in [2.05, 4.69) is 69.9 Å². The number of nitriles is 1. The van der Waals surface area contributed by atoms with Crippen LogP contribution in [-0.2, 0) is 4.79 Å². The van der Waals surface area contributed by atoms with Crippen molar-refractivity contribution in [3.8, 4) is 28.6 Å². The van der Waals surface area contributed by atoms with Gasteiger partial charge in [-0.05, 0) is 78.8 Å². The summed E-state index contributed by atoms with van der Waals surface area (Å²) in [7, 11) is 0. The molecule has 2 atom stereocenters. The minimum atomic E-state index is -0.618. The van der Waals surface area contributed by atoms with E-state index < -0.39 is 5.56 Å². The molecule has 1 saturated carbocycles. The maximum absolute atomic E-state index is 12.2. The standard InChI is InChI=1S/C31H30N4O2S/c32-17-20-3-14-26-27(15-20)35-30(34-26)25-12-10-24(11-13-25)23-8-6-22(7-9-23)21-4-1-19(2-5-21)16-29-28(36)18-33-31(37)38-29/h3,6-15,19,21,29,31,33,37H,1-2,4-5,16,18H2,(H,34,35). The van der Waals surface area contributed by atoms with Crippen molar-refractivity contribution < 1.29 is 9.90 Å². The van der Waals surface area contributed by atoms with Crippen LogP contribution in [0.4, 0.5) is 0 Å². The molecule has 38 heavy (non-hydrogen) atoms. The summed E-state index contributed by atoms with van der Waals surface area (Å²) >= 11 is 1.37. The quantitative estimate of drug-likeness (QED) is 0.298. The first-order chi connectivity index (χ1) is 18.6. The lowest BCUT2D eigenvalue weighted by Gasteiger charge is -2.33. The maximum atomic E-state index is 12.2. The lowest BCUT2D eigenvalue weighted by Crippen LogP contribution is -2.43. The van der Waals surface area contributed by atoms with Crippen LogP contribution in [0, 0.1) is 17.2 Å². The minimum Gasteiger partial charge on any atom is -0.369 e. The summed E-state index contributed by atoms with van der Waals surface area (Å²) in [6.45, 7) is 0.285. The molecule has 1 aromatic heterocycles. The van der Waals surface area contributed by atoms with E-state index in [1.54, 1.807) is 6.07 Å². The average Bonchev–Trinajstić information content (AvgIpc) is 3.39. The topological polar surface area (TPSA) is 102 Å². The Kier molecular flexibility index (Phi) is 7.03. The Balaban J connectivity index is 1.07. The summed E-state index contributed by atoms with van der Waals surface area (Å²) in [4.78, 5) is 20.2. The molecule has 0 amide bonds. The number of ketones is 1. The first-order valence-electron chi connectivity index (χ1n) is 13.3. The Morgan fingerprint density at radius 1 is 0.947 bits per heavy atom. The van der Waals surface area contributed by atoms with Gasteiger partial charge in [-0.25, -0.2) is 4.98 Å². The van der Waals surface area contributed by atoms with E-state index in [1.165, 1.54) is 28.5 Å². The number of aromatic amines is 1. The molecule has 7 heteroatoms. The van der Waals surface area contributed by atoms with Crippen molar-refractivity contribution in [1.29, 1.82) is 5.26 Å². The van der Waals surface area contributed by atoms with E-state index in [9.17, 15) is 9.90 Å². The summed E-state index contributed by atoms with van der Waals surface area (Å²) in [6, 6.07) is 25.0. The molecule has 6 rings (SSSR count). The number of imidazole rings is 1. The third-order valence-electron chi connectivity index (χ3n) is 7.98. The molecule has 1 aliphatic carbocycles. The van der Waals surface area contributed by atoms with Gasteiger partial charge in [0.1, 0.15) is 5.82 Å². The van der Waals surface area contributed by atoms with Crippen molar-refractivity contribution in [2.75, 3.05) is 6.54 Å². The van der Waals surface area contributed by atoms with Gasteiger partial charge < -0.3 is 10.1 Å². The number of carbonyl (C=O) groups is 1. The number of Topliss-reactive ketones (excluding diaryl/α,β-unsaturated/α-hetero) is 1. The van der Waals surface area contributed by atoms with E-state index >= 15 is 0 Å². The summed E-state index contributed by atoms with van der Waals surface area (Å²) in [6.07, 6.45) is 5.47. The number of aliphatic hydroxyl groups excluding tert-OH is 1. The molecule has 2 aliphatic rings. The van der Waals surface area contributed by atoms with Crippen LogP contribution < -0.4 is 5.32 Å². The molecule has 0 spiro atoms. The number of fused-ring (bicyclic) bond motifs is 1. The molecule has 4 aromatic rings. The number of nitrogens with zero attached hydrogens (tertiary/aromatic N) is 2. The van der Waals surface area contributed by atoms with Crippen LogP contribution in [0.3, 0.4) is 0 Å². The largest absolute Gasteiger partial charge is 0.369 e. The number of benzene rings is 3. The molecule has 2 fully saturated rings. The normalized spacial score (nSPS) is 23.8. The summed E-state index contributed by atoms with van der Waals surface area (Å²) in [5.41, 5.74) is 6.48. The predicted molar refractivity (Wildman–Crippen MR) is 151 cm³/mol. The molecule has 3 aromatic carbocycles. The van der Waals surface area contributed by atoms with Crippen LogP contribution in [0.25, 0.3) is 33.5 Å². The van der Waals surface area contributed by atoms with Crippen molar-refractivity contribution in [1.82, 2.24) is 15.3 Å². The van der Waals surface area contributed by atoms with Gasteiger partial charge in [-0.1, -0.05) is 48.5 Å². The third-order valence-corrected chi connectivity index (χ3v) is 9.19. The van der Waals surface area contributed by atoms with Gasteiger partial charge in [0.25, 0.3) is 0 Å². The van der Waals surface area contributed by atoms with E-state index in [1.807, 2.05) is 12.1 Å². The van der Waals surface area contributed by atoms with Crippen LogP contribution in [-0.4, -0.2) is 38.2 Å². The Labute approximate surface area is 226 Å². The molecule has 3 N–H and O–H groups in total. The zero-order chi connectivity index (χ0) is 26.1. The molecule has 1 saturated heterocycles. The van der Waals surface area contributed by atoms with Crippen LogP contribution in [0.1, 0.15) is 49.1 Å². The van der Waals surface area contributed by atoms with Crippen molar-refractivity contribution >= 4 is 28.6 Å². The highest BCUT2D eigenvalue weighted by atomic mass is 32.2. The van der Waals surface area contributed by atoms with Crippen molar-refractivity contribution in [3.05, 3.63) is 77.9 Å². The summed E-state index contributed by atoms with van der Waals surface area (Å²) < 4.78 is 0. The minimum absolute atomic E-state index is 0.0678. The molecule has 0 radical (unpaired) electrons. The lowest BCUT2D eigenvalue weighted by atomic mass is 9.77. The number of hydrogen-bond donors (Lipinski definition) is 3. The molecule has 2 unspecified atom stereocenters. The van der Waals surface area contributed by atoms with Crippen LogP contribution in [0.15, 0.2) is 66.7 Å². The van der Waals surface area contributed by atoms with E-state index in [0.717, 1.165) is 54.5 Å². The first kappa shape index (κ1) is 24.9. The van der Waals surface area contributed by atoms with Gasteiger partial charge in [-0.3, -0.25) is 10.1 Å². The highest BCUT2D eigenvalue weighted by Crippen LogP contribution is 2.40. The van der Waals surface area contributed by atoms with Gasteiger partial charge in [-0.15, -0.1) is 11.8 Å². The van der Waals surface area contributed by atoms with Crippen LogP contribution >= 0.6 is 11.8 Å². The summed E-state index contributed by atoms with van der Waals surface area (Å²) in [5, 5.41) is 21.7. The maximum Gasteiger partial charge on any atom is 0.159 e. The lowest BCUT2D eigenvalue weighted by molar-refractivity contribution is -0.118. The third kappa shape index (κ3) is 5.25. The zero-order valence-corrected chi connectivity index (χ0v) is 21.9. The molecule has 0 bridgehead atoms. The van der Waals surface area contributed by atoms with Gasteiger partial charge in [0.15, 0.2) is 11.3 Å². The SMILES string of the molecule is N#Cc1ccc2nc(-c3ccc(-c4ccc(C5CCC(CC6SC(O)NCC6=O)CC5)cc4)cc3)[nH]c2c1. The Bertz CT molecular complexity index is 1480. The van der Waals surface area contributed by atoms with E-state index in [4.69, 9.17) is 5.26 Å². The van der Waals surface area contributed by atoms with Crippen LogP contribution in [0.2, 0.25) is 0 Å². The van der Waals surface area contributed by atoms with Gasteiger partial charge in [0.05, 0.1) is 34.5 Å². The number of carbonyl (C=O) groups excluding carboxylic acids is 1. The van der Waals surface area contributed by atoms with Crippen LogP contribution in [0.5, 0.6) is 0 Å². The molecular formula is C31H30N4O2S. The Hall–Kier alpha value is -3.44. The summed E-state index contributed by atoms with van der Waals surface area (Å²) in [5.74, 6) is 2.15. The monoisotopic (exact) mass is 522 g/mol. The highest BCUT2D eigenvalue weighted by Gasteiger charge is 2.32. The Morgan fingerprint density at radius 2 is 1.63 bits per heavy atom. The van der Waals surface area contributed by atoms with E-state index in [0.29, 0.717) is 17.4 Å². The first-order valence-corrected chi connectivity index (χ1v) is 14.2. The van der Waals surface area contributed by atoms with Gasteiger partial charge in [0, 0.05) is 5.56 Å². The highest BCUT2D eigenvalue weighted by molar-refractivity contribution is 8.01. The molecular weight excluding hydrogens is 492 g/mol. The zero-order valence-electron chi connectivity index (χ0n) is 21.1. The second-order valence-corrected chi connectivity index (χ2v) is 11.7. The van der Waals surface area contributed by atoms with Crippen molar-refractivity contribution in [2.45, 2.75) is 48.8 Å². The van der Waals surface area contributed by atoms with Gasteiger partial charge in [-0.2, -0.15) is 5.26 Å². The fourth-order valence-corrected chi connectivity index (χ4v) is 6.90. The predicted octanol–water partition coefficient (Wildman–Crippen LogP) is 5.98. The number of thioether (sulfide) groups is 1. The van der Waals surface area contributed by atoms with Gasteiger partial charge in [0.2, 0.25) is 0 Å². The number of nitrogens with one attached hydrogen (secondary N) is 2. The number of aliphatic hydroxyl groups is 1. The number of hydrogen-bond acceptors (Lipinski definition) is 6.